The zero-order valence-electron chi connectivity index (χ0n) is 29.8. The molecule has 10 aromatic rings. The predicted octanol–water partition coefficient (Wildman–Crippen LogP) is 13.1. The molecule has 5 heteroatoms. The van der Waals surface area contributed by atoms with Crippen LogP contribution in [0, 0.1) is 0 Å². The van der Waals surface area contributed by atoms with Crippen LogP contribution in [0.3, 0.4) is 0 Å². The Morgan fingerprint density at radius 2 is 1.15 bits per heavy atom. The zero-order chi connectivity index (χ0) is 36.3. The minimum atomic E-state index is -0.352. The second-order valence-corrected chi connectivity index (χ2v) is 14.0. The third-order valence-corrected chi connectivity index (χ3v) is 10.7. The number of anilines is 4. The van der Waals surface area contributed by atoms with Crippen molar-refractivity contribution in [3.63, 3.8) is 0 Å². The smallest absolute Gasteiger partial charge is 0.145 e. The largest absolute Gasteiger partial charge is 0.456 e. The number of aliphatic imine (C=N–C) groups is 1. The van der Waals surface area contributed by atoms with Gasteiger partial charge < -0.3 is 19.2 Å². The number of rotatable bonds is 6. The van der Waals surface area contributed by atoms with Gasteiger partial charge in [0.25, 0.3) is 0 Å². The van der Waals surface area contributed by atoms with Gasteiger partial charge in [-0.3, -0.25) is 4.99 Å². The van der Waals surface area contributed by atoms with Gasteiger partial charge >= 0.3 is 0 Å². The molecule has 55 heavy (non-hydrogen) atoms. The normalized spacial score (nSPS) is 13.9. The fourth-order valence-corrected chi connectivity index (χ4v) is 8.28. The minimum absolute atomic E-state index is 0.352. The molecule has 1 aliphatic rings. The standard InChI is InChI=1S/C50H34N4O/c1-4-16-33(17-5-1)49-41-24-10-13-25-44(41)51-50(52-49)34-28-37(53(35-18-6-2-7-19-35)36-20-8-3-9-21-36)30-38(29-34)54-45-26-14-11-22-39(45)42-32-48-43(31-46(42)54)40-23-12-15-27-47(40)55-48/h1-32,50-51H. The monoisotopic (exact) mass is 706 g/mol. The van der Waals surface area contributed by atoms with Gasteiger partial charge in [0.2, 0.25) is 0 Å². The lowest BCUT2D eigenvalue weighted by atomic mass is 9.97. The van der Waals surface area contributed by atoms with Crippen LogP contribution in [-0.2, 0) is 0 Å². The predicted molar refractivity (Wildman–Crippen MR) is 228 cm³/mol. The molecule has 3 heterocycles. The molecule has 0 fully saturated rings. The van der Waals surface area contributed by atoms with Gasteiger partial charge in [0.05, 0.1) is 16.7 Å². The molecule has 0 aliphatic carbocycles. The van der Waals surface area contributed by atoms with Crippen molar-refractivity contribution in [2.24, 2.45) is 4.99 Å². The molecule has 0 spiro atoms. The highest BCUT2D eigenvalue weighted by Gasteiger charge is 2.26. The molecule has 1 atom stereocenters. The Bertz CT molecular complexity index is 3030. The van der Waals surface area contributed by atoms with Gasteiger partial charge in [0, 0.05) is 66.7 Å². The lowest BCUT2D eigenvalue weighted by Gasteiger charge is -2.30. The molecule has 0 saturated heterocycles. The van der Waals surface area contributed by atoms with Gasteiger partial charge in [0.1, 0.15) is 17.3 Å². The molecule has 1 aliphatic heterocycles. The SMILES string of the molecule is c1ccc(C2=NC(c3cc(N(c4ccccc4)c4ccccc4)cc(-n4c5ccccc5c5cc6oc7ccccc7c6cc54)c3)Nc3ccccc32)cc1. The van der Waals surface area contributed by atoms with Crippen molar-refractivity contribution in [3.05, 3.63) is 211 Å². The fraction of sp³-hybridized carbons (Fsp3) is 0.0200. The number of nitrogens with one attached hydrogen (secondary N) is 1. The lowest BCUT2D eigenvalue weighted by Crippen LogP contribution is -2.21. The number of hydrogen-bond donors (Lipinski definition) is 1. The average Bonchev–Trinajstić information content (AvgIpc) is 3.78. The van der Waals surface area contributed by atoms with E-state index in [0.29, 0.717) is 0 Å². The molecule has 8 aromatic carbocycles. The summed E-state index contributed by atoms with van der Waals surface area (Å²) in [6, 6.07) is 68.5. The number of para-hydroxylation sites is 5. The van der Waals surface area contributed by atoms with Gasteiger partial charge in [-0.05, 0) is 72.8 Å². The Morgan fingerprint density at radius 1 is 0.491 bits per heavy atom. The van der Waals surface area contributed by atoms with Gasteiger partial charge in [-0.1, -0.05) is 121 Å². The summed E-state index contributed by atoms with van der Waals surface area (Å²) >= 11 is 0. The van der Waals surface area contributed by atoms with E-state index >= 15 is 0 Å². The molecule has 11 rings (SSSR count). The minimum Gasteiger partial charge on any atom is -0.456 e. The number of hydrogen-bond acceptors (Lipinski definition) is 4. The van der Waals surface area contributed by atoms with Gasteiger partial charge in [-0.15, -0.1) is 0 Å². The quantitative estimate of drug-likeness (QED) is 0.187. The van der Waals surface area contributed by atoms with Crippen molar-refractivity contribution in [1.29, 1.82) is 0 Å². The van der Waals surface area contributed by atoms with E-state index in [1.807, 2.05) is 12.1 Å². The van der Waals surface area contributed by atoms with Crippen molar-refractivity contribution < 1.29 is 4.42 Å². The fourth-order valence-electron chi connectivity index (χ4n) is 8.28. The van der Waals surface area contributed by atoms with E-state index in [0.717, 1.165) is 89.2 Å². The van der Waals surface area contributed by atoms with E-state index in [2.05, 4.69) is 197 Å². The summed E-state index contributed by atoms with van der Waals surface area (Å²) in [7, 11) is 0. The van der Waals surface area contributed by atoms with E-state index < -0.39 is 0 Å². The van der Waals surface area contributed by atoms with Crippen molar-refractivity contribution in [1.82, 2.24) is 4.57 Å². The van der Waals surface area contributed by atoms with Crippen molar-refractivity contribution in [3.8, 4) is 5.69 Å². The molecule has 2 aromatic heterocycles. The number of nitrogens with zero attached hydrogens (tertiary/aromatic N) is 3. The maximum atomic E-state index is 6.41. The summed E-state index contributed by atoms with van der Waals surface area (Å²) in [6.45, 7) is 0. The van der Waals surface area contributed by atoms with Crippen LogP contribution >= 0.6 is 0 Å². The lowest BCUT2D eigenvalue weighted by molar-refractivity contribution is 0.669. The first-order chi connectivity index (χ1) is 27.3. The van der Waals surface area contributed by atoms with E-state index in [1.54, 1.807) is 0 Å². The van der Waals surface area contributed by atoms with E-state index in [-0.39, 0.29) is 6.17 Å². The van der Waals surface area contributed by atoms with Crippen LogP contribution in [0.25, 0.3) is 49.4 Å². The molecule has 5 nitrogen and oxygen atoms in total. The third-order valence-electron chi connectivity index (χ3n) is 10.7. The Balaban J connectivity index is 1.21. The Kier molecular flexibility index (Phi) is 7.17. The number of aromatic nitrogens is 1. The Morgan fingerprint density at radius 3 is 1.93 bits per heavy atom. The first-order valence-corrected chi connectivity index (χ1v) is 18.7. The van der Waals surface area contributed by atoms with Crippen molar-refractivity contribution in [2.45, 2.75) is 6.17 Å². The van der Waals surface area contributed by atoms with Crippen LogP contribution in [0.2, 0.25) is 0 Å². The first-order valence-electron chi connectivity index (χ1n) is 18.7. The Labute approximate surface area is 318 Å². The highest BCUT2D eigenvalue weighted by Crippen LogP contribution is 2.43. The zero-order valence-corrected chi connectivity index (χ0v) is 29.8. The highest BCUT2D eigenvalue weighted by molar-refractivity contribution is 6.18. The van der Waals surface area contributed by atoms with Crippen molar-refractivity contribution in [2.75, 3.05) is 10.2 Å². The van der Waals surface area contributed by atoms with Crippen LogP contribution in [0.4, 0.5) is 22.7 Å². The molecular formula is C50H34N4O. The number of benzene rings is 8. The molecule has 1 N–H and O–H groups in total. The van der Waals surface area contributed by atoms with Crippen LogP contribution in [-0.4, -0.2) is 10.3 Å². The van der Waals surface area contributed by atoms with Crippen molar-refractivity contribution >= 4 is 72.2 Å². The van der Waals surface area contributed by atoms with Crippen LogP contribution in [0.5, 0.6) is 0 Å². The maximum Gasteiger partial charge on any atom is 0.145 e. The molecule has 0 saturated carbocycles. The third kappa shape index (κ3) is 5.20. The van der Waals surface area contributed by atoms with E-state index in [9.17, 15) is 0 Å². The van der Waals surface area contributed by atoms with Gasteiger partial charge in [-0.2, -0.15) is 0 Å². The highest BCUT2D eigenvalue weighted by atomic mass is 16.3. The average molecular weight is 707 g/mol. The summed E-state index contributed by atoms with van der Waals surface area (Å²) in [5.74, 6) is 0. The molecular weight excluding hydrogens is 673 g/mol. The van der Waals surface area contributed by atoms with E-state index in [1.165, 1.54) is 5.39 Å². The summed E-state index contributed by atoms with van der Waals surface area (Å²) in [6.07, 6.45) is -0.352. The molecule has 0 bridgehead atoms. The molecule has 0 amide bonds. The summed E-state index contributed by atoms with van der Waals surface area (Å²) in [4.78, 5) is 7.82. The number of furan rings is 1. The second-order valence-electron chi connectivity index (χ2n) is 14.0. The summed E-state index contributed by atoms with van der Waals surface area (Å²) in [5.41, 5.74) is 13.5. The molecule has 260 valence electrons. The van der Waals surface area contributed by atoms with E-state index in [4.69, 9.17) is 9.41 Å². The Hall–Kier alpha value is -7.37. The summed E-state index contributed by atoms with van der Waals surface area (Å²) in [5, 5.41) is 8.34. The molecule has 1 unspecified atom stereocenters. The second kappa shape index (κ2) is 12.6. The van der Waals surface area contributed by atoms with Crippen LogP contribution in [0.1, 0.15) is 22.9 Å². The number of fused-ring (bicyclic) bond motifs is 7. The van der Waals surface area contributed by atoms with Gasteiger partial charge in [0.15, 0.2) is 0 Å². The topological polar surface area (TPSA) is 45.7 Å². The first kappa shape index (κ1) is 31.2. The summed E-state index contributed by atoms with van der Waals surface area (Å²) < 4.78 is 8.82. The van der Waals surface area contributed by atoms with Gasteiger partial charge in [-0.25, -0.2) is 0 Å². The molecule has 0 radical (unpaired) electrons. The van der Waals surface area contributed by atoms with Crippen LogP contribution in [0.15, 0.2) is 204 Å². The maximum absolute atomic E-state index is 6.41. The van der Waals surface area contributed by atoms with Crippen LogP contribution < -0.4 is 10.2 Å².